The Morgan fingerprint density at radius 3 is 2.79 bits per heavy atom. The quantitative estimate of drug-likeness (QED) is 0.836. The maximum Gasteiger partial charge on any atom is 0.287 e. The van der Waals surface area contributed by atoms with E-state index in [2.05, 4.69) is 26.1 Å². The lowest BCUT2D eigenvalue weighted by Crippen LogP contribution is -2.08. The molecular formula is C9H7BrF2N2. The molecule has 0 bridgehead atoms. The van der Waals surface area contributed by atoms with Crippen LogP contribution in [0, 0.1) is 0 Å². The number of H-pyrrole nitrogens is 1. The van der Waals surface area contributed by atoms with Crippen LogP contribution in [-0.2, 0) is 5.92 Å². The fourth-order valence-electron chi connectivity index (χ4n) is 1.34. The van der Waals surface area contributed by atoms with Crippen molar-refractivity contribution >= 4 is 26.8 Å². The number of nitrogens with zero attached hydrogens (tertiary/aromatic N) is 1. The lowest BCUT2D eigenvalue weighted by Gasteiger charge is -2.07. The first kappa shape index (κ1) is 9.58. The number of hydrogen-bond donors (Lipinski definition) is 1. The summed E-state index contributed by atoms with van der Waals surface area (Å²) in [6.07, 6.45) is 0. The number of benzene rings is 1. The zero-order chi connectivity index (χ0) is 10.3. The zero-order valence-electron chi connectivity index (χ0n) is 7.31. The number of fused-ring (bicyclic) bond motifs is 1. The third-order valence-electron chi connectivity index (χ3n) is 1.97. The number of alkyl halides is 2. The Hall–Kier alpha value is -0.970. The van der Waals surface area contributed by atoms with Crippen LogP contribution >= 0.6 is 15.9 Å². The highest BCUT2D eigenvalue weighted by Gasteiger charge is 2.29. The van der Waals surface area contributed by atoms with Gasteiger partial charge in [0.2, 0.25) is 0 Å². The SMILES string of the molecule is CC(F)(F)c1[nH]nc2cccc(Br)c12. The first-order chi connectivity index (χ1) is 6.50. The number of halogens is 3. The molecule has 1 heterocycles. The van der Waals surface area contributed by atoms with E-state index < -0.39 is 5.92 Å². The molecule has 0 aliphatic heterocycles. The van der Waals surface area contributed by atoms with Crippen LogP contribution in [0.4, 0.5) is 8.78 Å². The minimum Gasteiger partial charge on any atom is -0.275 e. The molecule has 1 aromatic carbocycles. The van der Waals surface area contributed by atoms with Gasteiger partial charge in [0, 0.05) is 16.8 Å². The van der Waals surface area contributed by atoms with E-state index in [9.17, 15) is 8.78 Å². The highest BCUT2D eigenvalue weighted by atomic mass is 79.9. The van der Waals surface area contributed by atoms with Crippen molar-refractivity contribution in [3.63, 3.8) is 0 Å². The van der Waals surface area contributed by atoms with Crippen molar-refractivity contribution in [1.82, 2.24) is 10.2 Å². The molecule has 0 aliphatic rings. The second-order valence-corrected chi connectivity index (χ2v) is 3.98. The summed E-state index contributed by atoms with van der Waals surface area (Å²) in [6, 6.07) is 5.16. The van der Waals surface area contributed by atoms with Crippen molar-refractivity contribution in [2.24, 2.45) is 0 Å². The van der Waals surface area contributed by atoms with Gasteiger partial charge in [0.25, 0.3) is 5.92 Å². The summed E-state index contributed by atoms with van der Waals surface area (Å²) in [5.74, 6) is -2.90. The van der Waals surface area contributed by atoms with Gasteiger partial charge in [-0.1, -0.05) is 22.0 Å². The molecule has 74 valence electrons. The number of nitrogens with one attached hydrogen (secondary N) is 1. The van der Waals surface area contributed by atoms with Gasteiger partial charge in [0.05, 0.1) is 5.52 Å². The Kier molecular flexibility index (Phi) is 2.06. The van der Waals surface area contributed by atoms with Crippen LogP contribution in [0.25, 0.3) is 10.9 Å². The van der Waals surface area contributed by atoms with E-state index >= 15 is 0 Å². The van der Waals surface area contributed by atoms with E-state index in [1.807, 2.05) is 0 Å². The fraction of sp³-hybridized carbons (Fsp3) is 0.222. The number of rotatable bonds is 1. The Labute approximate surface area is 87.4 Å². The zero-order valence-corrected chi connectivity index (χ0v) is 8.90. The molecule has 0 atom stereocenters. The summed E-state index contributed by atoms with van der Waals surface area (Å²) in [6.45, 7) is 0.847. The normalized spacial score (nSPS) is 12.3. The Bertz CT molecular complexity index is 473. The first-order valence-electron chi connectivity index (χ1n) is 4.01. The average Bonchev–Trinajstić information content (AvgIpc) is 2.47. The molecule has 5 heteroatoms. The summed E-state index contributed by atoms with van der Waals surface area (Å²) in [4.78, 5) is 0. The maximum atomic E-state index is 13.1. The minimum atomic E-state index is -2.90. The fourth-order valence-corrected chi connectivity index (χ4v) is 1.90. The van der Waals surface area contributed by atoms with Crippen LogP contribution in [0.1, 0.15) is 12.6 Å². The van der Waals surface area contributed by atoms with Gasteiger partial charge in [0.15, 0.2) is 0 Å². The molecule has 0 fully saturated rings. The maximum absolute atomic E-state index is 13.1. The lowest BCUT2D eigenvalue weighted by molar-refractivity contribution is 0.0142. The van der Waals surface area contributed by atoms with Crippen molar-refractivity contribution in [2.75, 3.05) is 0 Å². The van der Waals surface area contributed by atoms with Crippen LogP contribution in [0.2, 0.25) is 0 Å². The molecule has 0 amide bonds. The minimum absolute atomic E-state index is 0.153. The molecule has 1 aromatic heterocycles. The molecule has 2 rings (SSSR count). The highest BCUT2D eigenvalue weighted by Crippen LogP contribution is 2.34. The average molecular weight is 261 g/mol. The predicted octanol–water partition coefficient (Wildman–Crippen LogP) is 3.44. The summed E-state index contributed by atoms with van der Waals surface area (Å²) in [7, 11) is 0. The molecule has 0 aliphatic carbocycles. The van der Waals surface area contributed by atoms with Gasteiger partial charge < -0.3 is 0 Å². The molecule has 0 saturated carbocycles. The van der Waals surface area contributed by atoms with E-state index in [0.717, 1.165) is 6.92 Å². The number of hydrogen-bond acceptors (Lipinski definition) is 1. The first-order valence-corrected chi connectivity index (χ1v) is 4.80. The summed E-state index contributed by atoms with van der Waals surface area (Å²) in [5, 5.41) is 6.62. The molecule has 0 unspecified atom stereocenters. The van der Waals surface area contributed by atoms with Gasteiger partial charge in [-0.15, -0.1) is 0 Å². The molecule has 2 nitrogen and oxygen atoms in total. The van der Waals surface area contributed by atoms with Crippen LogP contribution in [0.3, 0.4) is 0 Å². The van der Waals surface area contributed by atoms with Gasteiger partial charge >= 0.3 is 0 Å². The van der Waals surface area contributed by atoms with Crippen molar-refractivity contribution in [1.29, 1.82) is 0 Å². The van der Waals surface area contributed by atoms with Crippen molar-refractivity contribution < 1.29 is 8.78 Å². The topological polar surface area (TPSA) is 28.7 Å². The smallest absolute Gasteiger partial charge is 0.275 e. The van der Waals surface area contributed by atoms with Crippen LogP contribution in [0.15, 0.2) is 22.7 Å². The lowest BCUT2D eigenvalue weighted by atomic mass is 10.1. The number of aromatic nitrogens is 2. The van der Waals surface area contributed by atoms with E-state index in [1.165, 1.54) is 0 Å². The summed E-state index contributed by atoms with van der Waals surface area (Å²) in [5.41, 5.74) is 0.385. The van der Waals surface area contributed by atoms with E-state index in [-0.39, 0.29) is 5.69 Å². The summed E-state index contributed by atoms with van der Waals surface area (Å²) < 4.78 is 26.8. The second-order valence-electron chi connectivity index (χ2n) is 3.12. The van der Waals surface area contributed by atoms with Gasteiger partial charge in [0.1, 0.15) is 5.69 Å². The number of aromatic amines is 1. The molecule has 1 N–H and O–H groups in total. The predicted molar refractivity (Wildman–Crippen MR) is 53.4 cm³/mol. The van der Waals surface area contributed by atoms with Crippen molar-refractivity contribution in [3.8, 4) is 0 Å². The summed E-state index contributed by atoms with van der Waals surface area (Å²) >= 11 is 3.23. The monoisotopic (exact) mass is 260 g/mol. The molecule has 0 saturated heterocycles. The molecule has 0 radical (unpaired) electrons. The van der Waals surface area contributed by atoms with Crippen molar-refractivity contribution in [3.05, 3.63) is 28.4 Å². The molecule has 14 heavy (non-hydrogen) atoms. The van der Waals surface area contributed by atoms with Gasteiger partial charge in [-0.2, -0.15) is 13.9 Å². The largest absolute Gasteiger partial charge is 0.287 e. The van der Waals surface area contributed by atoms with Gasteiger partial charge in [-0.25, -0.2) is 0 Å². The Balaban J connectivity index is 2.80. The van der Waals surface area contributed by atoms with Crippen LogP contribution in [-0.4, -0.2) is 10.2 Å². The van der Waals surface area contributed by atoms with Crippen molar-refractivity contribution in [2.45, 2.75) is 12.8 Å². The standard InChI is InChI=1S/C9H7BrF2N2/c1-9(11,12)8-7-5(10)3-2-4-6(7)13-14-8/h2-4H,1H3,(H,13,14). The molecular weight excluding hydrogens is 254 g/mol. The Morgan fingerprint density at radius 2 is 2.14 bits per heavy atom. The Morgan fingerprint density at radius 1 is 1.43 bits per heavy atom. The highest BCUT2D eigenvalue weighted by molar-refractivity contribution is 9.10. The molecule has 0 spiro atoms. The van der Waals surface area contributed by atoms with Crippen LogP contribution in [0.5, 0.6) is 0 Å². The van der Waals surface area contributed by atoms with Crippen LogP contribution < -0.4 is 0 Å². The molecule has 2 aromatic rings. The second kappa shape index (κ2) is 3.02. The third-order valence-corrected chi connectivity index (χ3v) is 2.63. The van der Waals surface area contributed by atoms with E-state index in [4.69, 9.17) is 0 Å². The van der Waals surface area contributed by atoms with Gasteiger partial charge in [-0.05, 0) is 12.1 Å². The van der Waals surface area contributed by atoms with E-state index in [1.54, 1.807) is 18.2 Å². The van der Waals surface area contributed by atoms with E-state index in [0.29, 0.717) is 15.4 Å². The third kappa shape index (κ3) is 1.41. The van der Waals surface area contributed by atoms with Gasteiger partial charge in [-0.3, -0.25) is 5.10 Å².